The molecular formula is C22H28N2O3. The quantitative estimate of drug-likeness (QED) is 0.827. The van der Waals surface area contributed by atoms with E-state index in [1.54, 1.807) is 0 Å². The third kappa shape index (κ3) is 2.66. The van der Waals surface area contributed by atoms with Gasteiger partial charge in [-0.15, -0.1) is 0 Å². The van der Waals surface area contributed by atoms with Crippen molar-refractivity contribution >= 4 is 11.8 Å². The normalized spacial score (nSPS) is 37.5. The molecule has 2 amide bonds. The van der Waals surface area contributed by atoms with E-state index in [4.69, 9.17) is 4.74 Å². The van der Waals surface area contributed by atoms with Crippen LogP contribution in [0.25, 0.3) is 0 Å². The van der Waals surface area contributed by atoms with Gasteiger partial charge in [-0.2, -0.15) is 0 Å². The summed E-state index contributed by atoms with van der Waals surface area (Å²) in [5, 5.41) is 3.18. The standard InChI is InChI=1S/C22H28N2O3/c1-14-6-4-5-11-24(14)21(26)18-12-16-10-9-15(18)13-22(16)23-20(25)17-7-2-3-8-19(17)27-22/h2-3,7-8,14-16,18H,4-6,9-13H2,1H3,(H,23,25)/t14-,15-,16+,18-,22+/m1/s1. The van der Waals surface area contributed by atoms with Gasteiger partial charge >= 0.3 is 0 Å². The van der Waals surface area contributed by atoms with Crippen LogP contribution < -0.4 is 10.1 Å². The van der Waals surface area contributed by atoms with Crippen LogP contribution in [0, 0.1) is 17.8 Å². The zero-order valence-electron chi connectivity index (χ0n) is 15.9. The molecule has 1 spiro atoms. The summed E-state index contributed by atoms with van der Waals surface area (Å²) in [7, 11) is 0. The second kappa shape index (κ2) is 6.25. The van der Waals surface area contributed by atoms with Crippen molar-refractivity contribution in [2.45, 2.75) is 63.6 Å². The third-order valence-corrected chi connectivity index (χ3v) is 7.37. The molecule has 3 aliphatic carbocycles. The summed E-state index contributed by atoms with van der Waals surface area (Å²) in [6.45, 7) is 3.08. The van der Waals surface area contributed by atoms with E-state index in [9.17, 15) is 9.59 Å². The zero-order chi connectivity index (χ0) is 18.6. The molecule has 3 saturated carbocycles. The van der Waals surface area contributed by atoms with Gasteiger partial charge in [0.05, 0.1) is 5.56 Å². The molecule has 5 aliphatic rings. The van der Waals surface area contributed by atoms with Gasteiger partial charge < -0.3 is 15.0 Å². The number of nitrogens with zero attached hydrogens (tertiary/aromatic N) is 1. The maximum atomic E-state index is 13.3. The van der Waals surface area contributed by atoms with E-state index in [2.05, 4.69) is 17.1 Å². The summed E-state index contributed by atoms with van der Waals surface area (Å²) in [6.07, 6.45) is 7.12. The second-order valence-corrected chi connectivity index (χ2v) is 8.90. The van der Waals surface area contributed by atoms with Crippen molar-refractivity contribution in [3.63, 3.8) is 0 Å². The Morgan fingerprint density at radius 2 is 2.07 bits per heavy atom. The number of carbonyl (C=O) groups excluding carboxylic acids is 2. The number of ether oxygens (including phenoxy) is 1. The van der Waals surface area contributed by atoms with Crippen LogP contribution in [0.15, 0.2) is 24.3 Å². The highest BCUT2D eigenvalue weighted by molar-refractivity contribution is 5.98. The monoisotopic (exact) mass is 368 g/mol. The van der Waals surface area contributed by atoms with Crippen LogP contribution in [0.1, 0.15) is 62.2 Å². The van der Waals surface area contributed by atoms with Crippen molar-refractivity contribution in [1.82, 2.24) is 10.2 Å². The maximum Gasteiger partial charge on any atom is 0.258 e. The summed E-state index contributed by atoms with van der Waals surface area (Å²) >= 11 is 0. The number of para-hydroxylation sites is 1. The number of piperidine rings is 1. The van der Waals surface area contributed by atoms with Crippen LogP contribution in [0.4, 0.5) is 0 Å². The van der Waals surface area contributed by atoms with E-state index in [-0.39, 0.29) is 17.7 Å². The highest BCUT2D eigenvalue weighted by Gasteiger charge is 2.57. The van der Waals surface area contributed by atoms with E-state index in [1.807, 2.05) is 24.3 Å². The molecule has 0 aromatic heterocycles. The lowest BCUT2D eigenvalue weighted by atomic mass is 9.59. The fourth-order valence-corrected chi connectivity index (χ4v) is 5.90. The number of hydrogen-bond acceptors (Lipinski definition) is 3. The largest absolute Gasteiger partial charge is 0.467 e. The van der Waals surface area contributed by atoms with Crippen LogP contribution in [0.5, 0.6) is 5.75 Å². The molecule has 1 aromatic rings. The molecule has 2 aliphatic heterocycles. The van der Waals surface area contributed by atoms with Crippen molar-refractivity contribution in [3.8, 4) is 5.75 Å². The van der Waals surface area contributed by atoms with Crippen molar-refractivity contribution < 1.29 is 14.3 Å². The molecule has 6 rings (SSSR count). The Labute approximate surface area is 160 Å². The van der Waals surface area contributed by atoms with Gasteiger partial charge in [-0.25, -0.2) is 0 Å². The van der Waals surface area contributed by atoms with E-state index < -0.39 is 5.72 Å². The first-order chi connectivity index (χ1) is 13.1. The molecule has 1 N–H and O–H groups in total. The number of fused-ring (bicyclic) bond motifs is 3. The molecule has 1 saturated heterocycles. The minimum absolute atomic E-state index is 0.0445. The van der Waals surface area contributed by atoms with Gasteiger partial charge in [0.1, 0.15) is 5.75 Å². The number of amides is 2. The highest BCUT2D eigenvalue weighted by atomic mass is 16.5. The van der Waals surface area contributed by atoms with Gasteiger partial charge in [-0.05, 0) is 63.5 Å². The molecule has 144 valence electrons. The zero-order valence-corrected chi connectivity index (χ0v) is 15.9. The van der Waals surface area contributed by atoms with Crippen LogP contribution >= 0.6 is 0 Å². The first kappa shape index (κ1) is 17.1. The van der Waals surface area contributed by atoms with Gasteiger partial charge in [0.2, 0.25) is 5.91 Å². The average molecular weight is 368 g/mol. The molecule has 4 fully saturated rings. The Morgan fingerprint density at radius 1 is 1.22 bits per heavy atom. The van der Waals surface area contributed by atoms with Crippen molar-refractivity contribution in [1.29, 1.82) is 0 Å². The van der Waals surface area contributed by atoms with Gasteiger partial charge in [0.25, 0.3) is 5.91 Å². The number of hydrogen-bond donors (Lipinski definition) is 1. The topological polar surface area (TPSA) is 58.6 Å². The Bertz CT molecular complexity index is 779. The van der Waals surface area contributed by atoms with Gasteiger partial charge in [-0.1, -0.05) is 12.1 Å². The lowest BCUT2D eigenvalue weighted by Crippen LogP contribution is -2.67. The summed E-state index contributed by atoms with van der Waals surface area (Å²) in [5.74, 6) is 1.57. The third-order valence-electron chi connectivity index (χ3n) is 7.37. The molecule has 1 aromatic carbocycles. The molecule has 0 radical (unpaired) electrons. The number of nitrogens with one attached hydrogen (secondary N) is 1. The maximum absolute atomic E-state index is 13.3. The predicted octanol–water partition coefficient (Wildman–Crippen LogP) is 3.34. The molecule has 5 heteroatoms. The van der Waals surface area contributed by atoms with Crippen molar-refractivity contribution in [3.05, 3.63) is 29.8 Å². The van der Waals surface area contributed by atoms with Gasteiger partial charge in [0, 0.05) is 30.8 Å². The second-order valence-electron chi connectivity index (χ2n) is 8.90. The Balaban J connectivity index is 1.38. The number of likely N-dealkylation sites (tertiary alicyclic amines) is 1. The summed E-state index contributed by atoms with van der Waals surface area (Å²) in [5.41, 5.74) is -0.0158. The first-order valence-electron chi connectivity index (χ1n) is 10.5. The van der Waals surface area contributed by atoms with E-state index in [1.165, 1.54) is 6.42 Å². The summed E-state index contributed by atoms with van der Waals surface area (Å²) in [6, 6.07) is 7.83. The van der Waals surface area contributed by atoms with Gasteiger partial charge in [0.15, 0.2) is 5.72 Å². The SMILES string of the molecule is C[C@@H]1CCCCN1C(=O)[C@@H]1C[C@@H]2CC[C@@H]1C[C@@]21NC(=O)c2ccccc2O1. The minimum Gasteiger partial charge on any atom is -0.467 e. The van der Waals surface area contributed by atoms with Crippen LogP contribution in [-0.2, 0) is 4.79 Å². The lowest BCUT2D eigenvalue weighted by Gasteiger charge is -2.55. The molecule has 2 heterocycles. The Kier molecular flexibility index (Phi) is 3.95. The lowest BCUT2D eigenvalue weighted by molar-refractivity contribution is -0.158. The number of carbonyl (C=O) groups is 2. The van der Waals surface area contributed by atoms with E-state index >= 15 is 0 Å². The van der Waals surface area contributed by atoms with E-state index in [0.29, 0.717) is 29.2 Å². The van der Waals surface area contributed by atoms with Crippen molar-refractivity contribution in [2.24, 2.45) is 17.8 Å². The fourth-order valence-electron chi connectivity index (χ4n) is 5.90. The number of rotatable bonds is 1. The van der Waals surface area contributed by atoms with Crippen molar-refractivity contribution in [2.75, 3.05) is 6.54 Å². The number of benzene rings is 1. The van der Waals surface area contributed by atoms with Crippen LogP contribution in [0.2, 0.25) is 0 Å². The summed E-state index contributed by atoms with van der Waals surface area (Å²) < 4.78 is 6.40. The molecule has 2 bridgehead atoms. The van der Waals surface area contributed by atoms with Gasteiger partial charge in [-0.3, -0.25) is 9.59 Å². The molecule has 27 heavy (non-hydrogen) atoms. The Hall–Kier alpha value is -2.04. The average Bonchev–Trinajstić information content (AvgIpc) is 2.68. The summed E-state index contributed by atoms with van der Waals surface area (Å²) in [4.78, 5) is 28.1. The Morgan fingerprint density at radius 3 is 2.85 bits per heavy atom. The van der Waals surface area contributed by atoms with Crippen LogP contribution in [-0.4, -0.2) is 35.0 Å². The molecular weight excluding hydrogens is 340 g/mol. The van der Waals surface area contributed by atoms with E-state index in [0.717, 1.165) is 45.1 Å². The molecule has 5 atom stereocenters. The molecule has 5 nitrogen and oxygen atoms in total. The molecule has 0 unspecified atom stereocenters. The fraction of sp³-hybridized carbons (Fsp3) is 0.636. The van der Waals surface area contributed by atoms with Crippen LogP contribution in [0.3, 0.4) is 0 Å². The first-order valence-corrected chi connectivity index (χ1v) is 10.5. The smallest absolute Gasteiger partial charge is 0.258 e. The minimum atomic E-state index is -0.626. The predicted molar refractivity (Wildman–Crippen MR) is 101 cm³/mol. The highest BCUT2D eigenvalue weighted by Crippen LogP contribution is 2.53.